The van der Waals surface area contributed by atoms with E-state index in [0.29, 0.717) is 10.8 Å². The SMILES string of the molecule is Cc1cc2nnc(SC(C)C(=O)Nc3cccc(O)c3)n2c2c(C)cccc12. The molecule has 0 bridgehead atoms. The Labute approximate surface area is 166 Å². The molecular weight excluding hydrogens is 372 g/mol. The number of para-hydroxylation sites is 1. The van der Waals surface area contributed by atoms with Gasteiger partial charge in [-0.15, -0.1) is 10.2 Å². The Morgan fingerprint density at radius 1 is 1.11 bits per heavy atom. The van der Waals surface area contributed by atoms with Crippen molar-refractivity contribution < 1.29 is 9.90 Å². The molecule has 0 aliphatic carbocycles. The van der Waals surface area contributed by atoms with Crippen molar-refractivity contribution in [2.24, 2.45) is 0 Å². The third-order valence-corrected chi connectivity index (χ3v) is 5.70. The van der Waals surface area contributed by atoms with Gasteiger partial charge >= 0.3 is 0 Å². The van der Waals surface area contributed by atoms with E-state index >= 15 is 0 Å². The van der Waals surface area contributed by atoms with E-state index in [2.05, 4.69) is 41.5 Å². The van der Waals surface area contributed by atoms with Crippen molar-refractivity contribution >= 4 is 39.9 Å². The summed E-state index contributed by atoms with van der Waals surface area (Å²) >= 11 is 1.36. The zero-order valence-electron chi connectivity index (χ0n) is 15.8. The second-order valence-corrected chi connectivity index (χ2v) is 8.08. The molecule has 0 aliphatic heterocycles. The molecule has 6 nitrogen and oxygen atoms in total. The van der Waals surface area contributed by atoms with Crippen molar-refractivity contribution in [1.82, 2.24) is 14.6 Å². The summed E-state index contributed by atoms with van der Waals surface area (Å²) in [7, 11) is 0. The van der Waals surface area contributed by atoms with E-state index in [1.54, 1.807) is 18.2 Å². The first-order valence-corrected chi connectivity index (χ1v) is 9.82. The summed E-state index contributed by atoms with van der Waals surface area (Å²) in [6, 6.07) is 14.7. The van der Waals surface area contributed by atoms with Crippen LogP contribution in [0.2, 0.25) is 0 Å². The topological polar surface area (TPSA) is 79.5 Å². The third-order valence-electron chi connectivity index (χ3n) is 4.66. The molecule has 142 valence electrons. The highest BCUT2D eigenvalue weighted by atomic mass is 32.2. The summed E-state index contributed by atoms with van der Waals surface area (Å²) in [6.45, 7) is 5.95. The van der Waals surface area contributed by atoms with E-state index in [1.165, 1.54) is 17.8 Å². The monoisotopic (exact) mass is 392 g/mol. The quantitative estimate of drug-likeness (QED) is 0.506. The van der Waals surface area contributed by atoms with Gasteiger partial charge in [-0.3, -0.25) is 9.20 Å². The first-order chi connectivity index (χ1) is 13.4. The number of amides is 1. The molecular formula is C21H20N4O2S. The summed E-state index contributed by atoms with van der Waals surface area (Å²) in [6.07, 6.45) is 0. The number of phenols is 1. The Hall–Kier alpha value is -3.06. The first-order valence-electron chi connectivity index (χ1n) is 8.94. The predicted molar refractivity (Wildman–Crippen MR) is 112 cm³/mol. The van der Waals surface area contributed by atoms with E-state index < -0.39 is 5.25 Å². The molecule has 2 heterocycles. The van der Waals surface area contributed by atoms with Crippen LogP contribution in [0.25, 0.3) is 16.6 Å². The fourth-order valence-corrected chi connectivity index (χ4v) is 4.11. The Kier molecular flexibility index (Phi) is 4.68. The van der Waals surface area contributed by atoms with Crippen LogP contribution in [-0.2, 0) is 4.79 Å². The number of thioether (sulfide) groups is 1. The van der Waals surface area contributed by atoms with Crippen LogP contribution in [0, 0.1) is 13.8 Å². The van der Waals surface area contributed by atoms with Gasteiger partial charge in [-0.05, 0) is 50.1 Å². The molecule has 0 aliphatic rings. The van der Waals surface area contributed by atoms with Crippen molar-refractivity contribution in [1.29, 1.82) is 0 Å². The van der Waals surface area contributed by atoms with Gasteiger partial charge in [0.1, 0.15) is 5.75 Å². The molecule has 1 atom stereocenters. The number of fused-ring (bicyclic) bond motifs is 3. The van der Waals surface area contributed by atoms with Crippen LogP contribution >= 0.6 is 11.8 Å². The Morgan fingerprint density at radius 2 is 1.89 bits per heavy atom. The molecule has 28 heavy (non-hydrogen) atoms. The second kappa shape index (κ2) is 7.16. The third kappa shape index (κ3) is 3.29. The average Bonchev–Trinajstić information content (AvgIpc) is 3.04. The maximum atomic E-state index is 12.6. The van der Waals surface area contributed by atoms with Gasteiger partial charge in [-0.25, -0.2) is 0 Å². The lowest BCUT2D eigenvalue weighted by Crippen LogP contribution is -2.22. The molecule has 0 spiro atoms. The molecule has 2 aromatic heterocycles. The van der Waals surface area contributed by atoms with Gasteiger partial charge in [-0.2, -0.15) is 0 Å². The Morgan fingerprint density at radius 3 is 2.68 bits per heavy atom. The normalized spacial score (nSPS) is 12.4. The van der Waals surface area contributed by atoms with Crippen LogP contribution in [0.3, 0.4) is 0 Å². The number of rotatable bonds is 4. The molecule has 4 rings (SSSR count). The summed E-state index contributed by atoms with van der Waals surface area (Å²) in [5.41, 5.74) is 4.66. The van der Waals surface area contributed by atoms with Gasteiger partial charge in [0.25, 0.3) is 0 Å². The van der Waals surface area contributed by atoms with Crippen molar-refractivity contribution in [2.75, 3.05) is 5.32 Å². The zero-order valence-corrected chi connectivity index (χ0v) is 16.6. The number of benzene rings is 2. The number of nitrogens with zero attached hydrogens (tertiary/aromatic N) is 3. The van der Waals surface area contributed by atoms with Gasteiger partial charge in [0.05, 0.1) is 10.8 Å². The summed E-state index contributed by atoms with van der Waals surface area (Å²) < 4.78 is 2.01. The van der Waals surface area contributed by atoms with E-state index in [0.717, 1.165) is 27.7 Å². The van der Waals surface area contributed by atoms with Gasteiger partial charge in [0, 0.05) is 17.1 Å². The first kappa shape index (κ1) is 18.3. The Bertz CT molecular complexity index is 1200. The van der Waals surface area contributed by atoms with E-state index in [-0.39, 0.29) is 11.7 Å². The van der Waals surface area contributed by atoms with Crippen molar-refractivity contribution in [3.63, 3.8) is 0 Å². The number of hydrogen-bond donors (Lipinski definition) is 2. The number of phenolic OH excluding ortho intramolecular Hbond substituents is 1. The molecule has 2 N–H and O–H groups in total. The highest BCUT2D eigenvalue weighted by Crippen LogP contribution is 2.30. The lowest BCUT2D eigenvalue weighted by molar-refractivity contribution is -0.115. The fourth-order valence-electron chi connectivity index (χ4n) is 3.25. The van der Waals surface area contributed by atoms with Gasteiger partial charge in [0.15, 0.2) is 10.8 Å². The smallest absolute Gasteiger partial charge is 0.237 e. The molecule has 0 radical (unpaired) electrons. The minimum Gasteiger partial charge on any atom is -0.508 e. The number of aryl methyl sites for hydroxylation is 2. The van der Waals surface area contributed by atoms with E-state index in [4.69, 9.17) is 0 Å². The maximum Gasteiger partial charge on any atom is 0.237 e. The van der Waals surface area contributed by atoms with Crippen LogP contribution < -0.4 is 5.32 Å². The number of hydrogen-bond acceptors (Lipinski definition) is 5. The van der Waals surface area contributed by atoms with Crippen LogP contribution in [0.1, 0.15) is 18.1 Å². The molecule has 4 aromatic rings. The summed E-state index contributed by atoms with van der Waals surface area (Å²) in [4.78, 5) is 12.6. The number of carbonyl (C=O) groups is 1. The molecule has 7 heteroatoms. The second-order valence-electron chi connectivity index (χ2n) is 6.77. The fraction of sp³-hybridized carbons (Fsp3) is 0.190. The van der Waals surface area contributed by atoms with Crippen LogP contribution in [0.4, 0.5) is 5.69 Å². The average molecular weight is 392 g/mol. The lowest BCUT2D eigenvalue weighted by Gasteiger charge is -2.13. The molecule has 1 amide bonds. The minimum absolute atomic E-state index is 0.110. The molecule has 0 saturated carbocycles. The molecule has 1 unspecified atom stereocenters. The molecule has 0 fully saturated rings. The van der Waals surface area contributed by atoms with E-state index in [9.17, 15) is 9.90 Å². The van der Waals surface area contributed by atoms with Gasteiger partial charge in [-0.1, -0.05) is 36.0 Å². The highest BCUT2D eigenvalue weighted by Gasteiger charge is 2.20. The Balaban J connectivity index is 1.67. The number of pyridine rings is 1. The number of anilines is 1. The number of nitrogens with one attached hydrogen (secondary N) is 1. The molecule has 0 saturated heterocycles. The number of aromatic nitrogens is 3. The maximum absolute atomic E-state index is 12.6. The van der Waals surface area contributed by atoms with Crippen molar-refractivity contribution in [3.8, 4) is 5.75 Å². The minimum atomic E-state index is -0.393. The standard InChI is InChI=1S/C21H20N4O2S/c1-12-6-4-9-17-13(2)10-18-23-24-21(25(18)19(12)17)28-14(3)20(27)22-15-7-5-8-16(26)11-15/h4-11,14,26H,1-3H3,(H,22,27). The predicted octanol–water partition coefficient (Wildman–Crippen LogP) is 4.32. The lowest BCUT2D eigenvalue weighted by atomic mass is 10.1. The number of aromatic hydroxyl groups is 1. The van der Waals surface area contributed by atoms with Crippen molar-refractivity contribution in [2.45, 2.75) is 31.2 Å². The zero-order chi connectivity index (χ0) is 19.8. The summed E-state index contributed by atoms with van der Waals surface area (Å²) in [5.74, 6) is -0.0561. The van der Waals surface area contributed by atoms with Gasteiger partial charge in [0.2, 0.25) is 5.91 Å². The molecule has 2 aromatic carbocycles. The highest BCUT2D eigenvalue weighted by molar-refractivity contribution is 8.00. The van der Waals surface area contributed by atoms with Crippen LogP contribution in [0.5, 0.6) is 5.75 Å². The van der Waals surface area contributed by atoms with Crippen LogP contribution in [0.15, 0.2) is 53.7 Å². The van der Waals surface area contributed by atoms with Crippen LogP contribution in [-0.4, -0.2) is 30.9 Å². The number of carbonyl (C=O) groups excluding carboxylic acids is 1. The van der Waals surface area contributed by atoms with E-state index in [1.807, 2.05) is 23.5 Å². The largest absolute Gasteiger partial charge is 0.508 e. The summed E-state index contributed by atoms with van der Waals surface area (Å²) in [5, 5.41) is 22.4. The van der Waals surface area contributed by atoms with Crippen molar-refractivity contribution in [3.05, 3.63) is 59.7 Å². The van der Waals surface area contributed by atoms with Gasteiger partial charge < -0.3 is 10.4 Å².